The van der Waals surface area contributed by atoms with Gasteiger partial charge in [-0.1, -0.05) is 188 Å². The Morgan fingerprint density at radius 3 is 1.04 bits per heavy atom. The minimum atomic E-state index is -0.0942. The van der Waals surface area contributed by atoms with E-state index in [1.54, 1.807) is 0 Å². The fourth-order valence-electron chi connectivity index (χ4n) is 8.19. The minimum Gasteiger partial charge on any atom is -0.457 e. The van der Waals surface area contributed by atoms with Crippen molar-refractivity contribution in [1.29, 1.82) is 0 Å². The molecule has 0 heterocycles. The van der Waals surface area contributed by atoms with Crippen molar-refractivity contribution in [3.63, 3.8) is 0 Å². The van der Waals surface area contributed by atoms with Crippen LogP contribution in [0.2, 0.25) is 0 Å². The van der Waals surface area contributed by atoms with Gasteiger partial charge < -0.3 is 9.64 Å². The Hall–Kier alpha value is -8.34. The Morgan fingerprint density at radius 2 is 0.690 bits per heavy atom. The maximum Gasteiger partial charge on any atom is 0.193 e. The number of nitrogens with zero attached hydrogens (tertiary/aromatic N) is 1. The Morgan fingerprint density at radius 1 is 0.380 bits per heavy atom. The van der Waals surface area contributed by atoms with E-state index in [0.29, 0.717) is 27.8 Å². The van der Waals surface area contributed by atoms with Crippen LogP contribution in [0.4, 0.5) is 17.1 Å². The van der Waals surface area contributed by atoms with Crippen LogP contribution in [0.25, 0.3) is 22.3 Å². The van der Waals surface area contributed by atoms with Crippen molar-refractivity contribution in [1.82, 2.24) is 0 Å². The molecule has 0 spiro atoms. The molecule has 0 saturated carbocycles. The van der Waals surface area contributed by atoms with E-state index in [-0.39, 0.29) is 11.6 Å². The number of ether oxygens (including phenoxy) is 1. The number of hydrogen-bond acceptors (Lipinski definition) is 4. The summed E-state index contributed by atoms with van der Waals surface area (Å²) in [5.74, 6) is 1.66. The van der Waals surface area contributed by atoms with E-state index in [1.807, 2.05) is 182 Å². The van der Waals surface area contributed by atoms with Crippen LogP contribution in [0.15, 0.2) is 219 Å². The van der Waals surface area contributed by atoms with Crippen molar-refractivity contribution in [3.8, 4) is 33.8 Å². The number of para-hydroxylation sites is 4. The van der Waals surface area contributed by atoms with Gasteiger partial charge in [-0.3, -0.25) is 9.59 Å². The summed E-state index contributed by atoms with van der Waals surface area (Å²) in [5.41, 5.74) is 16.5. The van der Waals surface area contributed by atoms with Gasteiger partial charge in [-0.15, -0.1) is 13.2 Å². The second kappa shape index (κ2) is 24.8. The molecule has 0 atom stereocenters. The average molecular weight is 932 g/mol. The highest BCUT2D eigenvalue weighted by molar-refractivity contribution is 6.18. The molecule has 0 bridgehead atoms. The number of anilines is 3. The molecule has 9 aromatic rings. The lowest BCUT2D eigenvalue weighted by molar-refractivity contribution is 0.102. The van der Waals surface area contributed by atoms with Crippen LogP contribution in [-0.2, 0) is 0 Å². The number of benzene rings is 9. The van der Waals surface area contributed by atoms with Crippen LogP contribution in [-0.4, -0.2) is 11.6 Å². The van der Waals surface area contributed by atoms with Gasteiger partial charge in [0, 0.05) is 39.3 Å². The number of carbonyl (C=O) groups excluding carboxylic acids is 2. The molecule has 0 unspecified atom stereocenters. The maximum atomic E-state index is 14.5. The molecule has 9 rings (SSSR count). The van der Waals surface area contributed by atoms with Gasteiger partial charge in [0.1, 0.15) is 11.5 Å². The molecule has 0 radical (unpaired) electrons. The lowest BCUT2D eigenvalue weighted by Crippen LogP contribution is -2.12. The fraction of sp³-hybridized carbons (Fsp3) is 0.134. The summed E-state index contributed by atoms with van der Waals surface area (Å²) in [6.07, 6.45) is 0. The Balaban J connectivity index is 0.000000366. The molecule has 0 aliphatic carbocycles. The molecule has 71 heavy (non-hydrogen) atoms. The first-order valence-corrected chi connectivity index (χ1v) is 24.2. The Kier molecular flexibility index (Phi) is 18.2. The van der Waals surface area contributed by atoms with Crippen molar-refractivity contribution in [2.24, 2.45) is 0 Å². The smallest absolute Gasteiger partial charge is 0.193 e. The third-order valence-electron chi connectivity index (χ3n) is 12.2. The SMILES string of the molecule is C=C.CC.Cc1ccc(C(=O)c2cc(-c3ccc(N(c4ccccc4C)c4ccccc4C)cc3)c(C(=O)c3ccc(C)cc3)cc2-c2ccc(C)cc2)cc1.Cc1ccccc1Oc1ccccc1C. The standard InChI is InChI=1S/C49H41NO2.C14H14O.C2H6.C2H4/c1-32-14-20-37(21-15-32)42-30-45(49(52)40-24-18-34(3)19-25-40)43(31-44(42)48(51)39-22-16-33(2)17-23-39)38-26-28-41(29-27-38)50(46-12-8-6-10-35(46)4)47-13-9-7-11-36(47)5;1-11-7-3-5-9-13(11)15-14-10-6-4-8-12(14)2;2*1-2/h6-31H,1-5H3;3-10H,1-2H3;1-2H3;1-2H2. The van der Waals surface area contributed by atoms with E-state index in [4.69, 9.17) is 4.74 Å². The monoisotopic (exact) mass is 931 g/mol. The largest absolute Gasteiger partial charge is 0.457 e. The highest BCUT2D eigenvalue weighted by Crippen LogP contribution is 2.41. The van der Waals surface area contributed by atoms with Crippen LogP contribution in [0, 0.1) is 48.5 Å². The van der Waals surface area contributed by atoms with Gasteiger partial charge in [0.15, 0.2) is 11.6 Å². The predicted molar refractivity (Wildman–Crippen MR) is 300 cm³/mol. The number of rotatable bonds is 11. The molecule has 0 aromatic heterocycles. The number of carbonyl (C=O) groups is 2. The zero-order chi connectivity index (χ0) is 51.0. The van der Waals surface area contributed by atoms with Gasteiger partial charge in [-0.2, -0.15) is 0 Å². The molecule has 0 fully saturated rings. The molecule has 4 heteroatoms. The third-order valence-corrected chi connectivity index (χ3v) is 12.2. The molecule has 0 aliphatic rings. The quantitative estimate of drug-likeness (QED) is 0.0958. The summed E-state index contributed by atoms with van der Waals surface area (Å²) in [6, 6.07) is 68.5. The highest BCUT2D eigenvalue weighted by atomic mass is 16.5. The van der Waals surface area contributed by atoms with E-state index < -0.39 is 0 Å². The van der Waals surface area contributed by atoms with Gasteiger partial charge in [0.2, 0.25) is 0 Å². The van der Waals surface area contributed by atoms with Crippen LogP contribution in [0.5, 0.6) is 11.5 Å². The summed E-state index contributed by atoms with van der Waals surface area (Å²) in [7, 11) is 0. The maximum absolute atomic E-state index is 14.5. The normalized spacial score (nSPS) is 10.3. The summed E-state index contributed by atoms with van der Waals surface area (Å²) in [6.45, 7) is 24.4. The third kappa shape index (κ3) is 12.7. The molecule has 4 nitrogen and oxygen atoms in total. The van der Waals surface area contributed by atoms with Crippen LogP contribution in [0.3, 0.4) is 0 Å². The lowest BCUT2D eigenvalue weighted by atomic mass is 9.85. The molecule has 356 valence electrons. The van der Waals surface area contributed by atoms with Gasteiger partial charge >= 0.3 is 0 Å². The fourth-order valence-corrected chi connectivity index (χ4v) is 8.19. The highest BCUT2D eigenvalue weighted by Gasteiger charge is 2.24. The van der Waals surface area contributed by atoms with E-state index in [9.17, 15) is 9.59 Å². The first kappa shape index (κ1) is 52.0. The molecule has 0 saturated heterocycles. The van der Waals surface area contributed by atoms with E-state index in [1.165, 1.54) is 0 Å². The predicted octanol–water partition coefficient (Wildman–Crippen LogP) is 18.4. The number of aryl methyl sites for hydroxylation is 7. The molecule has 0 N–H and O–H groups in total. The zero-order valence-corrected chi connectivity index (χ0v) is 42.7. The van der Waals surface area contributed by atoms with E-state index in [2.05, 4.69) is 105 Å². The van der Waals surface area contributed by atoms with Crippen molar-refractivity contribution < 1.29 is 14.3 Å². The second-order valence-electron chi connectivity index (χ2n) is 17.3. The topological polar surface area (TPSA) is 46.6 Å². The first-order chi connectivity index (χ1) is 34.4. The Bertz CT molecular complexity index is 3110. The van der Waals surface area contributed by atoms with Crippen molar-refractivity contribution in [2.45, 2.75) is 62.3 Å². The Labute approximate surface area is 422 Å². The molecular formula is C67H65NO3. The molecule has 9 aromatic carbocycles. The van der Waals surface area contributed by atoms with Crippen molar-refractivity contribution in [3.05, 3.63) is 281 Å². The minimum absolute atomic E-state index is 0.0898. The number of ketones is 2. The lowest BCUT2D eigenvalue weighted by Gasteiger charge is -2.28. The van der Waals surface area contributed by atoms with Gasteiger partial charge in [-0.05, 0) is 142 Å². The van der Waals surface area contributed by atoms with E-state index in [0.717, 1.165) is 84.2 Å². The molecular weight excluding hydrogens is 867 g/mol. The summed E-state index contributed by atoms with van der Waals surface area (Å²) < 4.78 is 5.84. The first-order valence-electron chi connectivity index (χ1n) is 24.2. The van der Waals surface area contributed by atoms with Gasteiger partial charge in [0.25, 0.3) is 0 Å². The molecule has 0 aliphatic heterocycles. The number of hydrogen-bond donors (Lipinski definition) is 0. The summed E-state index contributed by atoms with van der Waals surface area (Å²) >= 11 is 0. The van der Waals surface area contributed by atoms with Crippen LogP contribution in [0.1, 0.15) is 84.6 Å². The molecule has 0 amide bonds. The van der Waals surface area contributed by atoms with Gasteiger partial charge in [0.05, 0.1) is 0 Å². The van der Waals surface area contributed by atoms with E-state index >= 15 is 0 Å². The van der Waals surface area contributed by atoms with Crippen LogP contribution < -0.4 is 9.64 Å². The summed E-state index contributed by atoms with van der Waals surface area (Å²) in [5, 5.41) is 0. The van der Waals surface area contributed by atoms with Crippen LogP contribution >= 0.6 is 0 Å². The van der Waals surface area contributed by atoms with Crippen molar-refractivity contribution >= 4 is 28.6 Å². The zero-order valence-electron chi connectivity index (χ0n) is 42.7. The van der Waals surface area contributed by atoms with Gasteiger partial charge in [-0.25, -0.2) is 0 Å². The average Bonchev–Trinajstić information content (AvgIpc) is 3.40. The van der Waals surface area contributed by atoms with Crippen molar-refractivity contribution in [2.75, 3.05) is 4.90 Å². The second-order valence-corrected chi connectivity index (χ2v) is 17.3. The summed E-state index contributed by atoms with van der Waals surface area (Å²) in [4.78, 5) is 31.2.